The Bertz CT molecular complexity index is 1580. The van der Waals surface area contributed by atoms with E-state index in [-0.39, 0.29) is 37.2 Å². The Morgan fingerprint density at radius 2 is 1.76 bits per heavy atom. The maximum Gasteiger partial charge on any atom is 0.323 e. The molecule has 280 valence electrons. The Morgan fingerprint density at radius 3 is 2.35 bits per heavy atom. The highest BCUT2D eigenvalue weighted by atomic mass is 33.1. The molecule has 1 saturated heterocycles. The van der Waals surface area contributed by atoms with Crippen LogP contribution in [0.25, 0.3) is 0 Å². The first-order chi connectivity index (χ1) is 23.9. The number of nitrogens with zero attached hydrogens (tertiary/aromatic N) is 3. The number of carbonyl (C=O) groups is 4. The SMILES string of the molecule is C/C(=C(\CCOC(=O)[C@@H](N)Cc1ccc(OC(=O)C(C)(C)C)c(OC(=O)C(C)(C)C)c1)SSCC1CCCO1)N(C=O)Cc1cnc(C)nc1N. The number of allylic oxidation sites excluding steroid dienone is 1. The molecule has 1 aliphatic rings. The van der Waals surface area contributed by atoms with E-state index in [0.717, 1.165) is 36.5 Å². The van der Waals surface area contributed by atoms with Crippen molar-refractivity contribution in [3.8, 4) is 11.5 Å². The van der Waals surface area contributed by atoms with E-state index < -0.39 is 34.8 Å². The molecule has 1 aliphatic heterocycles. The third-order valence-corrected chi connectivity index (χ3v) is 10.4. The first-order valence-corrected chi connectivity index (χ1v) is 19.1. The second-order valence-corrected chi connectivity index (χ2v) is 16.8. The van der Waals surface area contributed by atoms with Gasteiger partial charge in [0.25, 0.3) is 0 Å². The van der Waals surface area contributed by atoms with Gasteiger partial charge in [-0.2, -0.15) is 0 Å². The van der Waals surface area contributed by atoms with E-state index in [0.29, 0.717) is 34.9 Å². The molecule has 0 bridgehead atoms. The summed E-state index contributed by atoms with van der Waals surface area (Å²) >= 11 is 0. The molecule has 2 heterocycles. The Hall–Kier alpha value is -3.66. The molecular weight excluding hydrogens is 695 g/mol. The summed E-state index contributed by atoms with van der Waals surface area (Å²) < 4.78 is 22.6. The van der Waals surface area contributed by atoms with Gasteiger partial charge in [0.05, 0.1) is 30.1 Å². The fraction of sp³-hybridized carbons (Fsp3) is 0.556. The van der Waals surface area contributed by atoms with Gasteiger partial charge in [-0.3, -0.25) is 19.2 Å². The van der Waals surface area contributed by atoms with Gasteiger partial charge < -0.3 is 35.3 Å². The molecule has 15 heteroatoms. The number of amides is 1. The standard InChI is InChI=1S/C36H51N5O8S2/c1-22(41(21-42)19-25-18-39-23(2)40-31(25)38)30(51-50-20-26-10-9-14-46-26)13-15-47-32(43)27(37)16-24-11-12-28(48-33(44)35(3,4)5)29(17-24)49-34(45)36(6,7)8/h11-12,17-18,21,26-27H,9-10,13-16,19-20,37H2,1-8H3,(H2,38,39,40)/b30-22-/t26?,27-/m0/s1. The first-order valence-electron chi connectivity index (χ1n) is 16.8. The number of carbonyl (C=O) groups excluding carboxylic acids is 4. The van der Waals surface area contributed by atoms with Crippen LogP contribution in [0.4, 0.5) is 5.82 Å². The molecule has 1 aromatic heterocycles. The van der Waals surface area contributed by atoms with E-state index in [1.54, 1.807) is 71.5 Å². The summed E-state index contributed by atoms with van der Waals surface area (Å²) in [5.74, 6) is 0.0838. The molecule has 0 aliphatic carbocycles. The van der Waals surface area contributed by atoms with Crippen LogP contribution in [-0.2, 0) is 41.6 Å². The number of nitrogens with two attached hydrogens (primary N) is 2. The van der Waals surface area contributed by atoms with Crippen LogP contribution in [-0.4, -0.2) is 70.3 Å². The van der Waals surface area contributed by atoms with Crippen LogP contribution < -0.4 is 20.9 Å². The average molecular weight is 746 g/mol. The van der Waals surface area contributed by atoms with Gasteiger partial charge in [0.1, 0.15) is 17.7 Å². The number of esters is 3. The number of anilines is 1. The first kappa shape index (κ1) is 41.8. The molecule has 2 aromatic rings. The van der Waals surface area contributed by atoms with Gasteiger partial charge >= 0.3 is 17.9 Å². The molecule has 1 amide bonds. The summed E-state index contributed by atoms with van der Waals surface area (Å²) in [6.45, 7) is 14.8. The molecule has 13 nitrogen and oxygen atoms in total. The van der Waals surface area contributed by atoms with Gasteiger partial charge in [-0.05, 0) is 92.3 Å². The van der Waals surface area contributed by atoms with Crippen LogP contribution in [0.15, 0.2) is 35.0 Å². The minimum absolute atomic E-state index is 0.0192. The molecule has 4 N–H and O–H groups in total. The molecule has 3 rings (SSSR count). The Balaban J connectivity index is 1.71. The summed E-state index contributed by atoms with van der Waals surface area (Å²) in [5, 5.41) is 0. The molecule has 1 aromatic carbocycles. The zero-order valence-corrected chi connectivity index (χ0v) is 32.4. The van der Waals surface area contributed by atoms with Gasteiger partial charge in [-0.1, -0.05) is 27.7 Å². The zero-order valence-electron chi connectivity index (χ0n) is 30.8. The summed E-state index contributed by atoms with van der Waals surface area (Å²) in [5.41, 5.74) is 12.6. The number of aromatic nitrogens is 2. The normalized spacial score (nSPS) is 15.8. The Kier molecular flexibility index (Phi) is 15.3. The fourth-order valence-corrected chi connectivity index (χ4v) is 7.22. The van der Waals surface area contributed by atoms with Crippen LogP contribution in [0.3, 0.4) is 0 Å². The highest BCUT2D eigenvalue weighted by Crippen LogP contribution is 2.38. The maximum atomic E-state index is 13.1. The van der Waals surface area contributed by atoms with Crippen molar-refractivity contribution in [3.63, 3.8) is 0 Å². The monoisotopic (exact) mass is 745 g/mol. The van der Waals surface area contributed by atoms with Crippen molar-refractivity contribution in [3.05, 3.63) is 51.9 Å². The number of hydrogen-bond acceptors (Lipinski definition) is 14. The number of aryl methyl sites for hydroxylation is 1. The lowest BCUT2D eigenvalue weighted by molar-refractivity contribution is -0.145. The molecule has 1 fully saturated rings. The van der Waals surface area contributed by atoms with Gasteiger partial charge in [-0.25, -0.2) is 9.97 Å². The van der Waals surface area contributed by atoms with Crippen LogP contribution >= 0.6 is 21.6 Å². The van der Waals surface area contributed by atoms with Crippen molar-refractivity contribution >= 4 is 51.7 Å². The predicted molar refractivity (Wildman–Crippen MR) is 198 cm³/mol. The number of nitrogen functional groups attached to an aromatic ring is 1. The van der Waals surface area contributed by atoms with Crippen molar-refractivity contribution in [2.75, 3.05) is 24.7 Å². The molecular formula is C36H51N5O8S2. The van der Waals surface area contributed by atoms with Crippen molar-refractivity contribution in [2.24, 2.45) is 16.6 Å². The maximum absolute atomic E-state index is 13.1. The quantitative estimate of drug-likeness (QED) is 0.0946. The molecule has 1 unspecified atom stereocenters. The van der Waals surface area contributed by atoms with E-state index >= 15 is 0 Å². The van der Waals surface area contributed by atoms with Crippen molar-refractivity contribution in [1.29, 1.82) is 0 Å². The van der Waals surface area contributed by atoms with Gasteiger partial charge in [0.2, 0.25) is 6.41 Å². The minimum Gasteiger partial charge on any atom is -0.464 e. The number of rotatable bonds is 16. The van der Waals surface area contributed by atoms with Crippen molar-refractivity contribution < 1.29 is 38.1 Å². The third kappa shape index (κ3) is 13.1. The number of ether oxygens (including phenoxy) is 4. The lowest BCUT2D eigenvalue weighted by Gasteiger charge is -2.22. The number of benzene rings is 1. The number of hydrogen-bond donors (Lipinski definition) is 2. The summed E-state index contributed by atoms with van der Waals surface area (Å²) in [7, 11) is 3.12. The Labute approximate surface area is 308 Å². The molecule has 0 radical (unpaired) electrons. The van der Waals surface area contributed by atoms with Crippen molar-refractivity contribution in [1.82, 2.24) is 14.9 Å². The average Bonchev–Trinajstić information content (AvgIpc) is 3.57. The van der Waals surface area contributed by atoms with E-state index in [2.05, 4.69) is 9.97 Å². The Morgan fingerprint density at radius 1 is 1.10 bits per heavy atom. The molecule has 0 saturated carbocycles. The zero-order chi connectivity index (χ0) is 37.9. The second-order valence-electron chi connectivity index (χ2n) is 14.4. The highest BCUT2D eigenvalue weighted by molar-refractivity contribution is 8.78. The molecule has 51 heavy (non-hydrogen) atoms. The lowest BCUT2D eigenvalue weighted by Crippen LogP contribution is -2.34. The second kappa shape index (κ2) is 18.7. The van der Waals surface area contributed by atoms with Crippen molar-refractivity contribution in [2.45, 2.75) is 99.8 Å². The topological polar surface area (TPSA) is 186 Å². The molecule has 2 atom stereocenters. The van der Waals surface area contributed by atoms with E-state index in [1.807, 2.05) is 6.92 Å². The van der Waals surface area contributed by atoms with Gasteiger partial charge in [-0.15, -0.1) is 0 Å². The van der Waals surface area contributed by atoms with Crippen LogP contribution in [0.1, 0.15) is 84.7 Å². The third-order valence-electron chi connectivity index (χ3n) is 7.73. The smallest absolute Gasteiger partial charge is 0.323 e. The van der Waals surface area contributed by atoms with Gasteiger partial charge in [0.15, 0.2) is 11.5 Å². The highest BCUT2D eigenvalue weighted by Gasteiger charge is 2.29. The van der Waals surface area contributed by atoms with E-state index in [1.165, 1.54) is 27.8 Å². The van der Waals surface area contributed by atoms with E-state index in [9.17, 15) is 19.2 Å². The van der Waals surface area contributed by atoms with Crippen LogP contribution in [0.2, 0.25) is 0 Å². The predicted octanol–water partition coefficient (Wildman–Crippen LogP) is 5.52. The fourth-order valence-electron chi connectivity index (χ4n) is 4.49. The summed E-state index contributed by atoms with van der Waals surface area (Å²) in [6.07, 6.45) is 4.93. The largest absolute Gasteiger partial charge is 0.464 e. The summed E-state index contributed by atoms with van der Waals surface area (Å²) in [6, 6.07) is 3.67. The van der Waals surface area contributed by atoms with Crippen LogP contribution in [0.5, 0.6) is 11.5 Å². The minimum atomic E-state index is -1.04. The lowest BCUT2D eigenvalue weighted by atomic mass is 9.97. The van der Waals surface area contributed by atoms with Crippen LogP contribution in [0, 0.1) is 17.8 Å². The molecule has 0 spiro atoms. The van der Waals surface area contributed by atoms with E-state index in [4.69, 9.17) is 30.4 Å². The van der Waals surface area contributed by atoms with Gasteiger partial charge in [0, 0.05) is 41.1 Å². The summed E-state index contributed by atoms with van der Waals surface area (Å²) in [4.78, 5) is 61.4.